The van der Waals surface area contributed by atoms with E-state index in [2.05, 4.69) is 6.58 Å². The van der Waals surface area contributed by atoms with Crippen LogP contribution in [0.1, 0.15) is 97.8 Å². The van der Waals surface area contributed by atoms with Gasteiger partial charge in [0.1, 0.15) is 23.0 Å². The van der Waals surface area contributed by atoms with E-state index in [0.29, 0.717) is 53.9 Å². The second-order valence-corrected chi connectivity index (χ2v) is 11.3. The Bertz CT molecular complexity index is 1370. The van der Waals surface area contributed by atoms with Crippen LogP contribution in [-0.2, 0) is 9.53 Å². The van der Waals surface area contributed by atoms with Gasteiger partial charge < -0.3 is 28.8 Å². The summed E-state index contributed by atoms with van der Waals surface area (Å²) in [5.74, 6) is 0.640. The van der Waals surface area contributed by atoms with Gasteiger partial charge in [-0.1, -0.05) is 57.9 Å². The molecule has 0 aliphatic rings. The molecule has 0 saturated heterocycles. The number of unbranched alkanes of at least 4 members (excludes halogenated alkanes) is 10. The van der Waals surface area contributed by atoms with Crippen molar-refractivity contribution in [1.82, 2.24) is 0 Å². The summed E-state index contributed by atoms with van der Waals surface area (Å²) < 4.78 is 27.5. The summed E-state index contributed by atoms with van der Waals surface area (Å²) in [6.45, 7) is 5.27. The van der Waals surface area contributed by atoms with Gasteiger partial charge in [-0.2, -0.15) is 0 Å². The smallest absolute Gasteiger partial charge is 0.343 e. The first kappa shape index (κ1) is 37.8. The van der Waals surface area contributed by atoms with Gasteiger partial charge in [-0.3, -0.25) is 0 Å². The average molecular weight is 661 g/mol. The molecule has 0 heterocycles. The standard InChI is InChI=1S/C39H48O9/c1-2-37(41)46-30-14-10-6-5-9-13-29-45-34-21-17-32(18-22-34)39(43)48-36-25-23-35(24-26-36)47-38(42)31-15-19-33(20-16-31)44-28-12-8-4-3-7-11-27-40/h2,15-26,40H,1,3-14,27-30H2. The van der Waals surface area contributed by atoms with Crippen LogP contribution in [0.4, 0.5) is 0 Å². The molecule has 0 amide bonds. The van der Waals surface area contributed by atoms with Gasteiger partial charge in [0.15, 0.2) is 0 Å². The predicted molar refractivity (Wildman–Crippen MR) is 184 cm³/mol. The van der Waals surface area contributed by atoms with Crippen molar-refractivity contribution in [3.8, 4) is 23.0 Å². The summed E-state index contributed by atoms with van der Waals surface area (Å²) in [5, 5.41) is 8.82. The summed E-state index contributed by atoms with van der Waals surface area (Å²) in [4.78, 5) is 36.2. The Hall–Kier alpha value is -4.63. The number of esters is 3. The van der Waals surface area contributed by atoms with Crippen LogP contribution in [0.5, 0.6) is 23.0 Å². The number of carbonyl (C=O) groups excluding carboxylic acids is 3. The third kappa shape index (κ3) is 15.3. The molecule has 0 aliphatic carbocycles. The van der Waals surface area contributed by atoms with Gasteiger partial charge in [-0.05, 0) is 98.5 Å². The van der Waals surface area contributed by atoms with Gasteiger partial charge in [0.25, 0.3) is 0 Å². The molecule has 3 aromatic rings. The van der Waals surface area contributed by atoms with Crippen molar-refractivity contribution < 1.29 is 43.2 Å². The van der Waals surface area contributed by atoms with E-state index >= 15 is 0 Å². The van der Waals surface area contributed by atoms with Gasteiger partial charge in [0.2, 0.25) is 0 Å². The zero-order valence-electron chi connectivity index (χ0n) is 27.7. The lowest BCUT2D eigenvalue weighted by Crippen LogP contribution is -2.09. The SMILES string of the molecule is C=CC(=O)OCCCCCCCCOc1ccc(C(=O)Oc2ccc(OC(=O)c3ccc(OCCCCCCCCO)cc3)cc2)cc1. The Morgan fingerprint density at radius 1 is 0.500 bits per heavy atom. The van der Waals surface area contributed by atoms with Gasteiger partial charge in [0.05, 0.1) is 30.9 Å². The van der Waals surface area contributed by atoms with E-state index < -0.39 is 11.9 Å². The Labute approximate surface area is 283 Å². The minimum absolute atomic E-state index is 0.259. The number of carbonyl (C=O) groups is 3. The highest BCUT2D eigenvalue weighted by Gasteiger charge is 2.12. The quantitative estimate of drug-likeness (QED) is 0.0438. The number of aliphatic hydroxyl groups excluding tert-OH is 1. The largest absolute Gasteiger partial charge is 0.494 e. The molecule has 0 radical (unpaired) electrons. The molecule has 3 rings (SSSR count). The van der Waals surface area contributed by atoms with Crippen molar-refractivity contribution in [3.63, 3.8) is 0 Å². The number of ether oxygens (including phenoxy) is 5. The van der Waals surface area contributed by atoms with Crippen LogP contribution in [0.15, 0.2) is 85.5 Å². The molecule has 0 aliphatic heterocycles. The summed E-state index contributed by atoms with van der Waals surface area (Å²) in [7, 11) is 0. The topological polar surface area (TPSA) is 118 Å². The van der Waals surface area contributed by atoms with E-state index in [1.165, 1.54) is 6.08 Å². The maximum Gasteiger partial charge on any atom is 0.343 e. The predicted octanol–water partition coefficient (Wildman–Crippen LogP) is 8.29. The third-order valence-electron chi connectivity index (χ3n) is 7.46. The van der Waals surface area contributed by atoms with Crippen LogP contribution >= 0.6 is 0 Å². The minimum Gasteiger partial charge on any atom is -0.494 e. The van der Waals surface area contributed by atoms with E-state index in [4.69, 9.17) is 28.8 Å². The van der Waals surface area contributed by atoms with Crippen molar-refractivity contribution in [2.75, 3.05) is 26.4 Å². The summed E-state index contributed by atoms with van der Waals surface area (Å²) in [6, 6.07) is 19.9. The highest BCUT2D eigenvalue weighted by Crippen LogP contribution is 2.22. The first-order chi connectivity index (χ1) is 23.5. The summed E-state index contributed by atoms with van der Waals surface area (Å²) in [6.07, 6.45) is 13.4. The van der Waals surface area contributed by atoms with E-state index in [0.717, 1.165) is 77.0 Å². The Morgan fingerprint density at radius 2 is 0.854 bits per heavy atom. The molecule has 0 fully saturated rings. The highest BCUT2D eigenvalue weighted by molar-refractivity contribution is 5.92. The molecular weight excluding hydrogens is 612 g/mol. The van der Waals surface area contributed by atoms with Gasteiger partial charge in [-0.25, -0.2) is 14.4 Å². The molecule has 9 nitrogen and oxygen atoms in total. The van der Waals surface area contributed by atoms with Crippen LogP contribution < -0.4 is 18.9 Å². The molecule has 0 unspecified atom stereocenters. The van der Waals surface area contributed by atoms with E-state index in [-0.39, 0.29) is 12.6 Å². The lowest BCUT2D eigenvalue weighted by molar-refractivity contribution is -0.137. The van der Waals surface area contributed by atoms with Crippen molar-refractivity contribution in [2.24, 2.45) is 0 Å². The molecule has 9 heteroatoms. The number of hydrogen-bond acceptors (Lipinski definition) is 9. The maximum atomic E-state index is 12.6. The maximum absolute atomic E-state index is 12.6. The normalized spacial score (nSPS) is 10.6. The fourth-order valence-electron chi connectivity index (χ4n) is 4.73. The van der Waals surface area contributed by atoms with E-state index in [9.17, 15) is 14.4 Å². The Morgan fingerprint density at radius 3 is 1.25 bits per heavy atom. The van der Waals surface area contributed by atoms with Gasteiger partial charge in [0, 0.05) is 12.7 Å². The fraction of sp³-hybridized carbons (Fsp3) is 0.410. The molecule has 1 N–H and O–H groups in total. The molecular formula is C39H48O9. The lowest BCUT2D eigenvalue weighted by Gasteiger charge is -2.09. The summed E-state index contributed by atoms with van der Waals surface area (Å²) >= 11 is 0. The van der Waals surface area contributed by atoms with Crippen LogP contribution in [0.25, 0.3) is 0 Å². The van der Waals surface area contributed by atoms with Crippen LogP contribution in [0.2, 0.25) is 0 Å². The zero-order valence-corrected chi connectivity index (χ0v) is 27.7. The first-order valence-electron chi connectivity index (χ1n) is 16.9. The number of rotatable bonds is 24. The second kappa shape index (κ2) is 22.8. The molecule has 0 bridgehead atoms. The fourth-order valence-corrected chi connectivity index (χ4v) is 4.73. The average Bonchev–Trinajstić information content (AvgIpc) is 3.11. The molecule has 0 spiro atoms. The van der Waals surface area contributed by atoms with E-state index in [1.54, 1.807) is 72.8 Å². The summed E-state index contributed by atoms with van der Waals surface area (Å²) in [5.41, 5.74) is 0.782. The molecule has 3 aromatic carbocycles. The van der Waals surface area contributed by atoms with E-state index in [1.807, 2.05) is 0 Å². The zero-order chi connectivity index (χ0) is 34.2. The van der Waals surface area contributed by atoms with Gasteiger partial charge >= 0.3 is 17.9 Å². The first-order valence-corrected chi connectivity index (χ1v) is 16.9. The van der Waals surface area contributed by atoms with Gasteiger partial charge in [-0.15, -0.1) is 0 Å². The number of hydrogen-bond donors (Lipinski definition) is 1. The number of aliphatic hydroxyl groups is 1. The highest BCUT2D eigenvalue weighted by atomic mass is 16.5. The molecule has 0 atom stereocenters. The molecule has 258 valence electrons. The molecule has 0 aromatic heterocycles. The Balaban J connectivity index is 1.30. The van der Waals surface area contributed by atoms with Crippen LogP contribution in [0.3, 0.4) is 0 Å². The monoisotopic (exact) mass is 660 g/mol. The second-order valence-electron chi connectivity index (χ2n) is 11.3. The van der Waals surface area contributed by atoms with Crippen molar-refractivity contribution in [2.45, 2.75) is 77.0 Å². The van der Waals surface area contributed by atoms with Crippen molar-refractivity contribution in [3.05, 3.63) is 96.6 Å². The van der Waals surface area contributed by atoms with Crippen LogP contribution in [0, 0.1) is 0 Å². The molecule has 48 heavy (non-hydrogen) atoms. The van der Waals surface area contributed by atoms with Crippen molar-refractivity contribution >= 4 is 17.9 Å². The number of benzene rings is 3. The molecule has 0 saturated carbocycles. The lowest BCUT2D eigenvalue weighted by atomic mass is 10.1. The Kier molecular flexibility index (Phi) is 18.0. The van der Waals surface area contributed by atoms with Crippen molar-refractivity contribution in [1.29, 1.82) is 0 Å². The third-order valence-corrected chi connectivity index (χ3v) is 7.46. The van der Waals surface area contributed by atoms with Crippen LogP contribution in [-0.4, -0.2) is 49.4 Å². The minimum atomic E-state index is -0.508.